The topological polar surface area (TPSA) is 97.6 Å². The van der Waals surface area contributed by atoms with Gasteiger partial charge in [-0.1, -0.05) is 24.3 Å². The van der Waals surface area contributed by atoms with Crippen molar-refractivity contribution in [1.29, 1.82) is 0 Å². The van der Waals surface area contributed by atoms with Gasteiger partial charge < -0.3 is 19.7 Å². The molecule has 2 N–H and O–H groups in total. The number of ether oxygens (including phenoxy) is 1. The second kappa shape index (κ2) is 7.09. The molecule has 1 amide bonds. The molecule has 1 aliphatic heterocycles. The van der Waals surface area contributed by atoms with E-state index in [1.54, 1.807) is 41.0 Å². The molecule has 1 aromatic heterocycles. The molecule has 0 bridgehead atoms. The van der Waals surface area contributed by atoms with Crippen LogP contribution in [0.15, 0.2) is 53.3 Å². The van der Waals surface area contributed by atoms with E-state index in [1.807, 2.05) is 12.1 Å². The first-order valence-corrected chi connectivity index (χ1v) is 9.14. The predicted molar refractivity (Wildman–Crippen MR) is 104 cm³/mol. The third-order valence-electron chi connectivity index (χ3n) is 5.32. The molecule has 4 rings (SSSR count). The SMILES string of the molecule is O=C(Cn1c2ccccc2c(=O)c2ccccc21)NC1(C(=O)O)CCOCC1. The van der Waals surface area contributed by atoms with Gasteiger partial charge in [-0.25, -0.2) is 4.79 Å². The van der Waals surface area contributed by atoms with E-state index >= 15 is 0 Å². The zero-order chi connectivity index (χ0) is 19.7. The molecular weight excluding hydrogens is 360 g/mol. The Morgan fingerprint density at radius 2 is 1.54 bits per heavy atom. The van der Waals surface area contributed by atoms with Crippen molar-refractivity contribution >= 4 is 33.7 Å². The Kier molecular flexibility index (Phi) is 4.60. The summed E-state index contributed by atoms with van der Waals surface area (Å²) in [6.07, 6.45) is 0.444. The van der Waals surface area contributed by atoms with E-state index in [0.29, 0.717) is 21.8 Å². The van der Waals surface area contributed by atoms with Crippen LogP contribution < -0.4 is 10.7 Å². The molecule has 0 saturated carbocycles. The van der Waals surface area contributed by atoms with E-state index in [0.717, 1.165) is 0 Å². The van der Waals surface area contributed by atoms with E-state index in [9.17, 15) is 19.5 Å². The van der Waals surface area contributed by atoms with Crippen LogP contribution in [0, 0.1) is 0 Å². The number of aliphatic carboxylic acids is 1. The number of carbonyl (C=O) groups excluding carboxylic acids is 1. The van der Waals surface area contributed by atoms with Gasteiger partial charge >= 0.3 is 5.97 Å². The molecule has 0 atom stereocenters. The first-order valence-electron chi connectivity index (χ1n) is 9.14. The van der Waals surface area contributed by atoms with Crippen LogP contribution >= 0.6 is 0 Å². The summed E-state index contributed by atoms with van der Waals surface area (Å²) in [6.45, 7) is 0.490. The molecule has 7 nitrogen and oxygen atoms in total. The van der Waals surface area contributed by atoms with Crippen molar-refractivity contribution in [3.63, 3.8) is 0 Å². The minimum Gasteiger partial charge on any atom is -0.480 e. The number of fused-ring (bicyclic) bond motifs is 2. The van der Waals surface area contributed by atoms with Crippen LogP contribution in [0.4, 0.5) is 0 Å². The number of carbonyl (C=O) groups is 2. The smallest absolute Gasteiger partial charge is 0.329 e. The zero-order valence-corrected chi connectivity index (χ0v) is 15.2. The van der Waals surface area contributed by atoms with Crippen molar-refractivity contribution in [2.24, 2.45) is 0 Å². The maximum atomic E-state index is 12.8. The van der Waals surface area contributed by atoms with Crippen LogP contribution in [0.1, 0.15) is 12.8 Å². The maximum Gasteiger partial charge on any atom is 0.329 e. The number of amides is 1. The van der Waals surface area contributed by atoms with E-state index in [4.69, 9.17) is 4.74 Å². The number of carboxylic acids is 1. The number of benzene rings is 2. The highest BCUT2D eigenvalue weighted by molar-refractivity contribution is 5.95. The quantitative estimate of drug-likeness (QED) is 0.674. The second-order valence-corrected chi connectivity index (χ2v) is 7.00. The van der Waals surface area contributed by atoms with Crippen LogP contribution in [-0.2, 0) is 20.9 Å². The molecule has 0 radical (unpaired) electrons. The fourth-order valence-electron chi connectivity index (χ4n) is 3.81. The number of para-hydroxylation sites is 2. The lowest BCUT2D eigenvalue weighted by atomic mass is 9.90. The maximum absolute atomic E-state index is 12.8. The molecule has 144 valence electrons. The summed E-state index contributed by atoms with van der Waals surface area (Å²) < 4.78 is 7.01. The van der Waals surface area contributed by atoms with Crippen LogP contribution in [0.2, 0.25) is 0 Å². The number of hydrogen-bond donors (Lipinski definition) is 2. The Morgan fingerprint density at radius 1 is 1.00 bits per heavy atom. The second-order valence-electron chi connectivity index (χ2n) is 7.00. The van der Waals surface area contributed by atoms with Crippen molar-refractivity contribution in [2.75, 3.05) is 13.2 Å². The summed E-state index contributed by atoms with van der Waals surface area (Å²) in [5.41, 5.74) is -0.135. The number of pyridine rings is 1. The van der Waals surface area contributed by atoms with Gasteiger partial charge in [0.1, 0.15) is 12.1 Å². The van der Waals surface area contributed by atoms with Gasteiger partial charge in [0, 0.05) is 36.8 Å². The molecule has 1 aliphatic rings. The van der Waals surface area contributed by atoms with Crippen molar-refractivity contribution in [1.82, 2.24) is 9.88 Å². The third kappa shape index (κ3) is 3.03. The van der Waals surface area contributed by atoms with E-state index in [1.165, 1.54) is 0 Å². The molecule has 7 heteroatoms. The van der Waals surface area contributed by atoms with Crippen LogP contribution in [0.5, 0.6) is 0 Å². The lowest BCUT2D eigenvalue weighted by molar-refractivity contribution is -0.152. The fraction of sp³-hybridized carbons (Fsp3) is 0.286. The van der Waals surface area contributed by atoms with Crippen molar-refractivity contribution in [2.45, 2.75) is 24.9 Å². The Hall–Kier alpha value is -3.19. The highest BCUT2D eigenvalue weighted by atomic mass is 16.5. The third-order valence-corrected chi connectivity index (χ3v) is 5.32. The number of carboxylic acid groups (broad SMARTS) is 1. The molecule has 28 heavy (non-hydrogen) atoms. The lowest BCUT2D eigenvalue weighted by Crippen LogP contribution is -2.58. The monoisotopic (exact) mass is 380 g/mol. The molecule has 1 saturated heterocycles. The summed E-state index contributed by atoms with van der Waals surface area (Å²) in [7, 11) is 0. The van der Waals surface area contributed by atoms with Crippen molar-refractivity contribution in [3.8, 4) is 0 Å². The van der Waals surface area contributed by atoms with Gasteiger partial charge in [-0.05, 0) is 24.3 Å². The summed E-state index contributed by atoms with van der Waals surface area (Å²) in [4.78, 5) is 37.4. The molecule has 1 fully saturated rings. The first-order chi connectivity index (χ1) is 13.5. The minimum absolute atomic E-state index is 0.0861. The van der Waals surface area contributed by atoms with Gasteiger partial charge in [0.2, 0.25) is 5.91 Å². The average Bonchev–Trinajstić information content (AvgIpc) is 2.71. The summed E-state index contributed by atoms with van der Waals surface area (Å²) in [5.74, 6) is -1.47. The molecule has 0 unspecified atom stereocenters. The summed E-state index contributed by atoms with van der Waals surface area (Å²) in [6, 6.07) is 14.2. The van der Waals surface area contributed by atoms with Gasteiger partial charge in [-0.3, -0.25) is 9.59 Å². The molecule has 0 aliphatic carbocycles. The van der Waals surface area contributed by atoms with Crippen LogP contribution in [-0.4, -0.2) is 40.3 Å². The van der Waals surface area contributed by atoms with Crippen molar-refractivity contribution in [3.05, 3.63) is 58.8 Å². The molecule has 3 aromatic rings. The standard InChI is InChI=1S/C21H20N2O5/c24-18(22-21(20(26)27)9-11-28-12-10-21)13-23-16-7-3-1-5-14(16)19(25)15-6-2-4-8-17(15)23/h1-8H,9-13H2,(H,22,24)(H,26,27). The van der Waals surface area contributed by atoms with Gasteiger partial charge in [0.25, 0.3) is 0 Å². The molecule has 2 aromatic carbocycles. The zero-order valence-electron chi connectivity index (χ0n) is 15.2. The lowest BCUT2D eigenvalue weighted by Gasteiger charge is -2.34. The Morgan fingerprint density at radius 3 is 2.07 bits per heavy atom. The number of hydrogen-bond acceptors (Lipinski definition) is 4. The van der Waals surface area contributed by atoms with E-state index in [2.05, 4.69) is 5.32 Å². The van der Waals surface area contributed by atoms with Gasteiger partial charge in [0.15, 0.2) is 5.43 Å². The van der Waals surface area contributed by atoms with Gasteiger partial charge in [-0.2, -0.15) is 0 Å². The van der Waals surface area contributed by atoms with Gasteiger partial charge in [-0.15, -0.1) is 0 Å². The fourth-order valence-corrected chi connectivity index (χ4v) is 3.81. The highest BCUT2D eigenvalue weighted by Crippen LogP contribution is 2.22. The molecular formula is C21H20N2O5. The van der Waals surface area contributed by atoms with Crippen molar-refractivity contribution < 1.29 is 19.4 Å². The Bertz CT molecular complexity index is 1070. The predicted octanol–water partition coefficient (Wildman–Crippen LogP) is 1.90. The van der Waals surface area contributed by atoms with E-state index in [-0.39, 0.29) is 38.0 Å². The summed E-state index contributed by atoms with van der Waals surface area (Å²) >= 11 is 0. The van der Waals surface area contributed by atoms with Crippen LogP contribution in [0.3, 0.4) is 0 Å². The first kappa shape index (κ1) is 18.2. The molecule has 0 spiro atoms. The van der Waals surface area contributed by atoms with Crippen LogP contribution in [0.25, 0.3) is 21.8 Å². The number of nitrogens with one attached hydrogen (secondary N) is 1. The largest absolute Gasteiger partial charge is 0.480 e. The minimum atomic E-state index is -1.32. The normalized spacial score (nSPS) is 16.1. The number of rotatable bonds is 4. The Labute approximate surface area is 160 Å². The number of nitrogens with zero attached hydrogens (tertiary/aromatic N) is 1. The Balaban J connectivity index is 1.76. The van der Waals surface area contributed by atoms with Gasteiger partial charge in [0.05, 0.1) is 11.0 Å². The highest BCUT2D eigenvalue weighted by Gasteiger charge is 2.41. The average molecular weight is 380 g/mol. The number of aromatic nitrogens is 1. The molecule has 2 heterocycles. The van der Waals surface area contributed by atoms with E-state index < -0.39 is 17.4 Å². The summed E-state index contributed by atoms with van der Waals surface area (Å²) in [5, 5.41) is 13.4.